The second kappa shape index (κ2) is 9.16. The van der Waals surface area contributed by atoms with Crippen LogP contribution in [0.3, 0.4) is 0 Å². The summed E-state index contributed by atoms with van der Waals surface area (Å²) in [6, 6.07) is 11.1. The van der Waals surface area contributed by atoms with Crippen LogP contribution in [0.4, 0.5) is 8.78 Å². The van der Waals surface area contributed by atoms with E-state index in [-0.39, 0.29) is 17.9 Å². The molecule has 2 aliphatic rings. The van der Waals surface area contributed by atoms with E-state index in [0.717, 1.165) is 11.8 Å². The van der Waals surface area contributed by atoms with E-state index in [1.54, 1.807) is 6.07 Å². The fraction of sp³-hybridized carbons (Fsp3) is 0.407. The van der Waals surface area contributed by atoms with Crippen LogP contribution >= 0.6 is 0 Å². The molecule has 2 aromatic rings. The molecule has 0 radical (unpaired) electrons. The number of benzene rings is 2. The standard InChI is InChI=1S/C27H30F2O/c1-3-15-30-25-14-13-24(26(28)27(25)29)20-9-7-19(8-10-20)22-12-11-21-16-18(4-2)5-6-23(21)17-22/h3-4,7-10,13-14,18,21-23H,1-2,5-6,11-12,15-17H2. The Bertz CT molecular complexity index is 902. The lowest BCUT2D eigenvalue weighted by Crippen LogP contribution is -2.29. The summed E-state index contributed by atoms with van der Waals surface area (Å²) in [5.41, 5.74) is 2.26. The molecule has 4 rings (SSSR count). The topological polar surface area (TPSA) is 9.23 Å². The Balaban J connectivity index is 1.47. The molecule has 4 atom stereocenters. The highest BCUT2D eigenvalue weighted by Crippen LogP contribution is 2.48. The maximum Gasteiger partial charge on any atom is 0.201 e. The molecule has 0 bridgehead atoms. The van der Waals surface area contributed by atoms with E-state index in [0.29, 0.717) is 17.4 Å². The van der Waals surface area contributed by atoms with Crippen LogP contribution in [-0.4, -0.2) is 6.61 Å². The second-order valence-electron chi connectivity index (χ2n) is 8.80. The molecule has 0 saturated heterocycles. The Morgan fingerprint density at radius 2 is 1.60 bits per heavy atom. The van der Waals surface area contributed by atoms with Gasteiger partial charge in [0.1, 0.15) is 6.61 Å². The Labute approximate surface area is 178 Å². The van der Waals surface area contributed by atoms with E-state index in [2.05, 4.69) is 31.4 Å². The van der Waals surface area contributed by atoms with Gasteiger partial charge in [-0.25, -0.2) is 4.39 Å². The smallest absolute Gasteiger partial charge is 0.201 e. The molecule has 158 valence electrons. The third-order valence-electron chi connectivity index (χ3n) is 7.08. The fourth-order valence-corrected chi connectivity index (χ4v) is 5.39. The number of allylic oxidation sites excluding steroid dienone is 1. The minimum Gasteiger partial charge on any atom is -0.486 e. The predicted molar refractivity (Wildman–Crippen MR) is 119 cm³/mol. The molecular formula is C27H30F2O. The Hall–Kier alpha value is -2.42. The summed E-state index contributed by atoms with van der Waals surface area (Å²) in [5, 5.41) is 0. The Morgan fingerprint density at radius 3 is 2.33 bits per heavy atom. The zero-order valence-corrected chi connectivity index (χ0v) is 17.5. The van der Waals surface area contributed by atoms with Crippen molar-refractivity contribution in [2.75, 3.05) is 6.61 Å². The first-order chi connectivity index (χ1) is 14.6. The van der Waals surface area contributed by atoms with Gasteiger partial charge in [-0.15, -0.1) is 6.58 Å². The van der Waals surface area contributed by atoms with E-state index in [1.807, 2.05) is 12.1 Å². The number of rotatable bonds is 6. The number of halogens is 2. The second-order valence-corrected chi connectivity index (χ2v) is 8.80. The highest BCUT2D eigenvalue weighted by Gasteiger charge is 2.35. The first kappa shape index (κ1) is 20.8. The molecule has 2 fully saturated rings. The summed E-state index contributed by atoms with van der Waals surface area (Å²) in [6.07, 6.45) is 11.3. The van der Waals surface area contributed by atoms with Crippen LogP contribution in [0.15, 0.2) is 61.7 Å². The summed E-state index contributed by atoms with van der Waals surface area (Å²) in [5.74, 6) is 1.01. The van der Waals surface area contributed by atoms with Crippen molar-refractivity contribution in [2.24, 2.45) is 17.8 Å². The monoisotopic (exact) mass is 408 g/mol. The van der Waals surface area contributed by atoms with Gasteiger partial charge in [-0.1, -0.05) is 43.0 Å². The molecule has 4 unspecified atom stereocenters. The van der Waals surface area contributed by atoms with Crippen LogP contribution in [0.1, 0.15) is 50.0 Å². The highest BCUT2D eigenvalue weighted by atomic mass is 19.2. The number of hydrogen-bond donors (Lipinski definition) is 0. The van der Waals surface area contributed by atoms with Crippen molar-refractivity contribution >= 4 is 0 Å². The third-order valence-corrected chi connectivity index (χ3v) is 7.08. The number of fused-ring (bicyclic) bond motifs is 1. The van der Waals surface area contributed by atoms with E-state index in [9.17, 15) is 8.78 Å². The van der Waals surface area contributed by atoms with E-state index in [4.69, 9.17) is 4.74 Å². The summed E-state index contributed by atoms with van der Waals surface area (Å²) >= 11 is 0. The van der Waals surface area contributed by atoms with Crippen molar-refractivity contribution in [1.82, 2.24) is 0 Å². The molecule has 30 heavy (non-hydrogen) atoms. The lowest BCUT2D eigenvalue weighted by atomic mass is 9.64. The van der Waals surface area contributed by atoms with Crippen molar-refractivity contribution in [2.45, 2.75) is 44.4 Å². The van der Waals surface area contributed by atoms with E-state index in [1.165, 1.54) is 56.2 Å². The van der Waals surface area contributed by atoms with E-state index < -0.39 is 11.6 Å². The highest BCUT2D eigenvalue weighted by molar-refractivity contribution is 5.65. The molecule has 0 aromatic heterocycles. The lowest BCUT2D eigenvalue weighted by Gasteiger charge is -2.41. The Morgan fingerprint density at radius 1 is 0.867 bits per heavy atom. The molecule has 0 heterocycles. The lowest BCUT2D eigenvalue weighted by molar-refractivity contribution is 0.133. The zero-order valence-electron chi connectivity index (χ0n) is 17.5. The molecular weight excluding hydrogens is 378 g/mol. The third kappa shape index (κ3) is 4.21. The minimum absolute atomic E-state index is 0.0873. The fourth-order valence-electron chi connectivity index (χ4n) is 5.39. The Kier molecular flexibility index (Phi) is 6.36. The van der Waals surface area contributed by atoms with Gasteiger partial charge in [-0.05, 0) is 85.5 Å². The van der Waals surface area contributed by atoms with Crippen LogP contribution in [0.25, 0.3) is 11.1 Å². The van der Waals surface area contributed by atoms with Gasteiger partial charge in [0, 0.05) is 5.56 Å². The van der Waals surface area contributed by atoms with Gasteiger partial charge in [0.2, 0.25) is 5.82 Å². The maximum absolute atomic E-state index is 14.6. The van der Waals surface area contributed by atoms with Crippen molar-refractivity contribution in [1.29, 1.82) is 0 Å². The minimum atomic E-state index is -0.952. The normalized spacial score (nSPS) is 25.9. The molecule has 0 spiro atoms. The quantitative estimate of drug-likeness (QED) is 0.445. The van der Waals surface area contributed by atoms with Gasteiger partial charge in [-0.3, -0.25) is 0 Å². The van der Waals surface area contributed by atoms with Gasteiger partial charge >= 0.3 is 0 Å². The van der Waals surface area contributed by atoms with E-state index >= 15 is 0 Å². The molecule has 2 aromatic carbocycles. The number of ether oxygens (including phenoxy) is 1. The predicted octanol–water partition coefficient (Wildman–Crippen LogP) is 7.68. The van der Waals surface area contributed by atoms with Crippen LogP contribution in [0.2, 0.25) is 0 Å². The molecule has 2 aliphatic carbocycles. The average Bonchev–Trinajstić information content (AvgIpc) is 2.79. The number of hydrogen-bond acceptors (Lipinski definition) is 1. The average molecular weight is 409 g/mol. The SMILES string of the molecule is C=CCOc1ccc(-c2ccc(C3CCC4CC(C=C)CCC4C3)cc2)c(F)c1F. The van der Waals surface area contributed by atoms with Crippen LogP contribution in [0, 0.1) is 29.4 Å². The van der Waals surface area contributed by atoms with Crippen molar-refractivity contribution in [3.8, 4) is 16.9 Å². The largest absolute Gasteiger partial charge is 0.486 e. The van der Waals surface area contributed by atoms with Crippen LogP contribution in [0.5, 0.6) is 5.75 Å². The summed E-state index contributed by atoms with van der Waals surface area (Å²) in [6.45, 7) is 7.65. The molecule has 3 heteroatoms. The van der Waals surface area contributed by atoms with Gasteiger partial charge in [-0.2, -0.15) is 4.39 Å². The van der Waals surface area contributed by atoms with Crippen LogP contribution in [-0.2, 0) is 0 Å². The summed E-state index contributed by atoms with van der Waals surface area (Å²) < 4.78 is 34.1. The van der Waals surface area contributed by atoms with Gasteiger partial charge in [0.15, 0.2) is 11.6 Å². The zero-order chi connectivity index (χ0) is 21.1. The van der Waals surface area contributed by atoms with Gasteiger partial charge in [0.05, 0.1) is 0 Å². The molecule has 0 amide bonds. The molecule has 0 N–H and O–H groups in total. The molecule has 0 aliphatic heterocycles. The van der Waals surface area contributed by atoms with Crippen LogP contribution < -0.4 is 4.74 Å². The summed E-state index contributed by atoms with van der Waals surface area (Å²) in [4.78, 5) is 0. The van der Waals surface area contributed by atoms with Gasteiger partial charge < -0.3 is 4.74 Å². The first-order valence-corrected chi connectivity index (χ1v) is 11.0. The molecule has 1 nitrogen and oxygen atoms in total. The van der Waals surface area contributed by atoms with Crippen molar-refractivity contribution in [3.05, 3.63) is 78.9 Å². The maximum atomic E-state index is 14.6. The first-order valence-electron chi connectivity index (χ1n) is 11.0. The van der Waals surface area contributed by atoms with Crippen molar-refractivity contribution < 1.29 is 13.5 Å². The molecule has 2 saturated carbocycles. The van der Waals surface area contributed by atoms with Gasteiger partial charge in [0.25, 0.3) is 0 Å². The van der Waals surface area contributed by atoms with Crippen molar-refractivity contribution in [3.63, 3.8) is 0 Å². The summed E-state index contributed by atoms with van der Waals surface area (Å²) in [7, 11) is 0.